The van der Waals surface area contributed by atoms with E-state index in [9.17, 15) is 9.59 Å². The minimum Gasteiger partial charge on any atom is -0.469 e. The Morgan fingerprint density at radius 2 is 1.93 bits per heavy atom. The molecule has 1 saturated heterocycles. The molecule has 1 aromatic carbocycles. The van der Waals surface area contributed by atoms with Crippen LogP contribution < -0.4 is 15.5 Å². The van der Waals surface area contributed by atoms with Crippen LogP contribution in [0.4, 0.5) is 16.3 Å². The molecule has 0 unspecified atom stereocenters. The summed E-state index contributed by atoms with van der Waals surface area (Å²) < 4.78 is 4.55. The van der Waals surface area contributed by atoms with Gasteiger partial charge in [-0.1, -0.05) is 12.1 Å². The Morgan fingerprint density at radius 3 is 2.71 bits per heavy atom. The van der Waals surface area contributed by atoms with Crippen LogP contribution in [0.2, 0.25) is 0 Å². The number of hydrogen-bond donors (Lipinski definition) is 2. The number of nitrogens with one attached hydrogen (secondary N) is 2. The van der Waals surface area contributed by atoms with Crippen molar-refractivity contribution < 1.29 is 14.3 Å². The van der Waals surface area contributed by atoms with E-state index in [0.717, 1.165) is 43.0 Å². The van der Waals surface area contributed by atoms with E-state index >= 15 is 0 Å². The standard InChI is InChI=1S/C20H25N5O3/c1-28-17(26)8-9-23-20(27)24-16-7-5-6-15(14-16)18-19(22-11-10-21-18)25-12-3-2-4-13-25/h5-7,10-11,14H,2-4,8-9,12-13H2,1H3,(H2,23,24,27). The number of urea groups is 1. The molecular weight excluding hydrogens is 358 g/mol. The lowest BCUT2D eigenvalue weighted by Gasteiger charge is -2.28. The number of methoxy groups -OCH3 is 1. The lowest BCUT2D eigenvalue weighted by molar-refractivity contribution is -0.140. The normalized spacial score (nSPS) is 13.7. The van der Waals surface area contributed by atoms with Crippen molar-refractivity contribution in [1.29, 1.82) is 0 Å². The summed E-state index contributed by atoms with van der Waals surface area (Å²) in [6.45, 7) is 2.17. The Hall–Kier alpha value is -3.16. The summed E-state index contributed by atoms with van der Waals surface area (Å²) in [7, 11) is 1.32. The van der Waals surface area contributed by atoms with Gasteiger partial charge in [-0.2, -0.15) is 0 Å². The Balaban J connectivity index is 1.70. The third kappa shape index (κ3) is 5.18. The fourth-order valence-corrected chi connectivity index (χ4v) is 3.17. The summed E-state index contributed by atoms with van der Waals surface area (Å²) in [6, 6.07) is 7.13. The minimum atomic E-state index is -0.378. The van der Waals surface area contributed by atoms with Gasteiger partial charge >= 0.3 is 12.0 Å². The van der Waals surface area contributed by atoms with Gasteiger partial charge < -0.3 is 20.3 Å². The molecule has 1 fully saturated rings. The van der Waals surface area contributed by atoms with Gasteiger partial charge in [-0.3, -0.25) is 9.78 Å². The smallest absolute Gasteiger partial charge is 0.319 e. The molecule has 8 heteroatoms. The van der Waals surface area contributed by atoms with E-state index in [1.807, 2.05) is 18.2 Å². The van der Waals surface area contributed by atoms with E-state index in [-0.39, 0.29) is 25.0 Å². The highest BCUT2D eigenvalue weighted by molar-refractivity contribution is 5.90. The third-order valence-corrected chi connectivity index (χ3v) is 4.57. The number of carbonyl (C=O) groups excluding carboxylic acids is 2. The molecule has 0 radical (unpaired) electrons. The number of hydrogen-bond acceptors (Lipinski definition) is 6. The first-order valence-electron chi connectivity index (χ1n) is 9.45. The number of esters is 1. The molecule has 1 aromatic heterocycles. The zero-order chi connectivity index (χ0) is 19.8. The number of nitrogens with zero attached hydrogens (tertiary/aromatic N) is 3. The summed E-state index contributed by atoms with van der Waals surface area (Å²) in [4.78, 5) is 34.5. The van der Waals surface area contributed by atoms with Crippen molar-refractivity contribution in [3.63, 3.8) is 0 Å². The molecule has 28 heavy (non-hydrogen) atoms. The molecule has 8 nitrogen and oxygen atoms in total. The number of amides is 2. The van der Waals surface area contributed by atoms with E-state index in [0.29, 0.717) is 5.69 Å². The van der Waals surface area contributed by atoms with Gasteiger partial charge in [0.05, 0.1) is 13.5 Å². The van der Waals surface area contributed by atoms with Crippen LogP contribution in [0.5, 0.6) is 0 Å². The van der Waals surface area contributed by atoms with Crippen molar-refractivity contribution in [3.8, 4) is 11.3 Å². The highest BCUT2D eigenvalue weighted by Crippen LogP contribution is 2.30. The van der Waals surface area contributed by atoms with Crippen molar-refractivity contribution in [2.75, 3.05) is 37.0 Å². The molecule has 1 aliphatic heterocycles. The maximum absolute atomic E-state index is 12.0. The Kier molecular flexibility index (Phi) is 6.78. The van der Waals surface area contributed by atoms with Crippen LogP contribution in [0.15, 0.2) is 36.7 Å². The van der Waals surface area contributed by atoms with Gasteiger partial charge in [-0.05, 0) is 31.4 Å². The third-order valence-electron chi connectivity index (χ3n) is 4.57. The summed E-state index contributed by atoms with van der Waals surface area (Å²) in [6.07, 6.45) is 7.08. The molecule has 2 heterocycles. The number of carbonyl (C=O) groups is 2. The largest absolute Gasteiger partial charge is 0.469 e. The SMILES string of the molecule is COC(=O)CCNC(=O)Nc1cccc(-c2nccnc2N2CCCCC2)c1. The molecule has 3 rings (SSSR count). The number of piperidine rings is 1. The predicted octanol–water partition coefficient (Wildman–Crippen LogP) is 2.82. The van der Waals surface area contributed by atoms with Crippen LogP contribution in [0.3, 0.4) is 0 Å². The van der Waals surface area contributed by atoms with Crippen molar-refractivity contribution in [1.82, 2.24) is 15.3 Å². The number of benzene rings is 1. The highest BCUT2D eigenvalue weighted by Gasteiger charge is 2.18. The first-order chi connectivity index (χ1) is 13.7. The number of ether oxygens (including phenoxy) is 1. The molecule has 2 aromatic rings. The zero-order valence-corrected chi connectivity index (χ0v) is 16.0. The molecule has 0 saturated carbocycles. The van der Waals surface area contributed by atoms with Gasteiger partial charge in [0.15, 0.2) is 5.82 Å². The van der Waals surface area contributed by atoms with Gasteiger partial charge in [0, 0.05) is 43.3 Å². The summed E-state index contributed by atoms with van der Waals surface area (Å²) in [5.74, 6) is 0.511. The number of rotatable bonds is 6. The lowest BCUT2D eigenvalue weighted by Crippen LogP contribution is -2.31. The monoisotopic (exact) mass is 383 g/mol. The van der Waals surface area contributed by atoms with Gasteiger partial charge in [0.2, 0.25) is 0 Å². The highest BCUT2D eigenvalue weighted by atomic mass is 16.5. The fourth-order valence-electron chi connectivity index (χ4n) is 3.17. The second-order valence-electron chi connectivity index (χ2n) is 6.56. The molecule has 0 atom stereocenters. The molecule has 0 aliphatic carbocycles. The summed E-state index contributed by atoms with van der Waals surface area (Å²) in [5, 5.41) is 5.41. The predicted molar refractivity (Wildman–Crippen MR) is 107 cm³/mol. The minimum absolute atomic E-state index is 0.128. The van der Waals surface area contributed by atoms with Crippen LogP contribution in [0.1, 0.15) is 25.7 Å². The molecule has 2 N–H and O–H groups in total. The van der Waals surface area contributed by atoms with Gasteiger partial charge in [0.25, 0.3) is 0 Å². The van der Waals surface area contributed by atoms with Crippen LogP contribution in [0.25, 0.3) is 11.3 Å². The molecule has 0 bridgehead atoms. The van der Waals surface area contributed by atoms with Gasteiger partial charge in [-0.15, -0.1) is 0 Å². The van der Waals surface area contributed by atoms with Crippen LogP contribution >= 0.6 is 0 Å². The first-order valence-corrected chi connectivity index (χ1v) is 9.45. The summed E-state index contributed by atoms with van der Waals surface area (Å²) in [5.41, 5.74) is 2.34. The zero-order valence-electron chi connectivity index (χ0n) is 16.0. The van der Waals surface area contributed by atoms with Crippen molar-refractivity contribution in [2.45, 2.75) is 25.7 Å². The maximum atomic E-state index is 12.0. The fraction of sp³-hybridized carbons (Fsp3) is 0.400. The van der Waals surface area contributed by atoms with Crippen LogP contribution in [0, 0.1) is 0 Å². The van der Waals surface area contributed by atoms with E-state index in [4.69, 9.17) is 0 Å². The molecule has 1 aliphatic rings. The van der Waals surface area contributed by atoms with E-state index in [1.54, 1.807) is 18.5 Å². The average Bonchev–Trinajstić information content (AvgIpc) is 2.74. The Bertz CT molecular complexity index is 821. The molecule has 0 spiro atoms. The van der Waals surface area contributed by atoms with Crippen LogP contribution in [-0.4, -0.2) is 48.7 Å². The molecule has 148 valence electrons. The quantitative estimate of drug-likeness (QED) is 0.745. The second kappa shape index (κ2) is 9.68. The average molecular weight is 383 g/mol. The summed E-state index contributed by atoms with van der Waals surface area (Å²) >= 11 is 0. The van der Waals surface area contributed by atoms with E-state index < -0.39 is 0 Å². The molecule has 2 amide bonds. The van der Waals surface area contributed by atoms with Crippen molar-refractivity contribution in [3.05, 3.63) is 36.7 Å². The van der Waals surface area contributed by atoms with Crippen molar-refractivity contribution in [2.24, 2.45) is 0 Å². The maximum Gasteiger partial charge on any atom is 0.319 e. The lowest BCUT2D eigenvalue weighted by atomic mass is 10.1. The second-order valence-corrected chi connectivity index (χ2v) is 6.56. The van der Waals surface area contributed by atoms with Crippen LogP contribution in [-0.2, 0) is 9.53 Å². The van der Waals surface area contributed by atoms with Gasteiger partial charge in [-0.25, -0.2) is 9.78 Å². The van der Waals surface area contributed by atoms with E-state index in [2.05, 4.69) is 30.2 Å². The van der Waals surface area contributed by atoms with Crippen molar-refractivity contribution >= 4 is 23.5 Å². The number of anilines is 2. The Labute approximate surface area is 164 Å². The molecular formula is C20H25N5O3. The first kappa shape index (κ1) is 19.6. The van der Waals surface area contributed by atoms with E-state index in [1.165, 1.54) is 13.5 Å². The number of aromatic nitrogens is 2. The topological polar surface area (TPSA) is 96.4 Å². The van der Waals surface area contributed by atoms with Gasteiger partial charge in [0.1, 0.15) is 5.69 Å². The Morgan fingerprint density at radius 1 is 1.14 bits per heavy atom.